The molecule has 0 unspecified atom stereocenters. The second kappa shape index (κ2) is 10.0. The number of benzene rings is 1. The predicted molar refractivity (Wildman–Crippen MR) is 111 cm³/mol. The molecule has 0 aliphatic rings. The van der Waals surface area contributed by atoms with E-state index in [4.69, 9.17) is 24.0 Å². The summed E-state index contributed by atoms with van der Waals surface area (Å²) >= 11 is 0. The van der Waals surface area contributed by atoms with E-state index in [0.29, 0.717) is 12.2 Å². The zero-order valence-electron chi connectivity index (χ0n) is 18.6. The molecule has 1 rings (SSSR count). The summed E-state index contributed by atoms with van der Waals surface area (Å²) in [6.45, 7) is 12.1. The Bertz CT molecular complexity index is 717. The van der Waals surface area contributed by atoms with Crippen molar-refractivity contribution < 1.29 is 32.4 Å². The van der Waals surface area contributed by atoms with Gasteiger partial charge in [0.05, 0.1) is 18.3 Å². The molecule has 0 aromatic heterocycles. The van der Waals surface area contributed by atoms with Gasteiger partial charge in [0.1, 0.15) is 11.8 Å². The molecule has 0 aliphatic heterocycles. The van der Waals surface area contributed by atoms with Crippen molar-refractivity contribution in [2.75, 3.05) is 13.9 Å². The van der Waals surface area contributed by atoms with Crippen molar-refractivity contribution >= 4 is 13.8 Å². The predicted octanol–water partition coefficient (Wildman–Crippen LogP) is 4.13. The molecule has 0 amide bonds. The average molecular weight is 431 g/mol. The number of carbonyl (C=O) groups is 1. The van der Waals surface area contributed by atoms with E-state index in [-0.39, 0.29) is 6.79 Å². The zero-order chi connectivity index (χ0) is 22.5. The van der Waals surface area contributed by atoms with E-state index >= 15 is 0 Å². The minimum Gasteiger partial charge on any atom is -0.468 e. The first kappa shape index (κ1) is 25.6. The highest BCUT2D eigenvalue weighted by Crippen LogP contribution is 2.55. The fraction of sp³-hybridized carbons (Fsp3) is 0.650. The second-order valence-electron chi connectivity index (χ2n) is 8.68. The molecule has 0 aliphatic carbocycles. The summed E-state index contributed by atoms with van der Waals surface area (Å²) < 4.78 is 39.7. The van der Waals surface area contributed by atoms with Crippen LogP contribution in [0.3, 0.4) is 0 Å². The van der Waals surface area contributed by atoms with Crippen molar-refractivity contribution in [3.8, 4) is 5.75 Å². The van der Waals surface area contributed by atoms with Crippen LogP contribution in [0.25, 0.3) is 0 Å². The summed E-state index contributed by atoms with van der Waals surface area (Å²) in [7, 11) is -2.55. The lowest BCUT2D eigenvalue weighted by Gasteiger charge is -2.30. The summed E-state index contributed by atoms with van der Waals surface area (Å²) in [6.07, 6.45) is 0.346. The lowest BCUT2D eigenvalue weighted by molar-refractivity contribution is -0.142. The van der Waals surface area contributed by atoms with E-state index in [0.717, 1.165) is 11.1 Å². The first-order valence-corrected chi connectivity index (χ1v) is 10.8. The molecule has 0 saturated heterocycles. The van der Waals surface area contributed by atoms with Crippen LogP contribution in [0, 0.1) is 6.92 Å². The van der Waals surface area contributed by atoms with E-state index in [1.807, 2.05) is 13.0 Å². The van der Waals surface area contributed by atoms with Crippen LogP contribution in [-0.4, -0.2) is 37.1 Å². The second-order valence-corrected chi connectivity index (χ2v) is 10.2. The zero-order valence-corrected chi connectivity index (χ0v) is 19.5. The van der Waals surface area contributed by atoms with E-state index < -0.39 is 31.0 Å². The molecular weight excluding hydrogens is 397 g/mol. The quantitative estimate of drug-likeness (QED) is 0.353. The molecule has 0 bridgehead atoms. The Morgan fingerprint density at radius 3 is 2.10 bits per heavy atom. The summed E-state index contributed by atoms with van der Waals surface area (Å²) in [5.74, 6) is 0.0725. The number of phosphoric acid groups is 1. The highest BCUT2D eigenvalue weighted by Gasteiger charge is 2.37. The van der Waals surface area contributed by atoms with Crippen LogP contribution in [0.5, 0.6) is 5.75 Å². The summed E-state index contributed by atoms with van der Waals surface area (Å²) in [6, 6.07) is 4.65. The maximum atomic E-state index is 13.0. The number of methoxy groups -OCH3 is 1. The molecule has 0 spiro atoms. The summed E-state index contributed by atoms with van der Waals surface area (Å²) in [4.78, 5) is 11.5. The third-order valence-corrected chi connectivity index (χ3v) is 5.36. The van der Waals surface area contributed by atoms with Crippen molar-refractivity contribution in [2.45, 2.75) is 72.1 Å². The van der Waals surface area contributed by atoms with Crippen LogP contribution in [0.2, 0.25) is 0 Å². The normalized spacial score (nSPS) is 13.8. The van der Waals surface area contributed by atoms with Gasteiger partial charge in [0.2, 0.25) is 0 Å². The van der Waals surface area contributed by atoms with Crippen molar-refractivity contribution in [2.24, 2.45) is 5.73 Å². The fourth-order valence-electron chi connectivity index (χ4n) is 2.39. The van der Waals surface area contributed by atoms with Gasteiger partial charge in [-0.3, -0.25) is 13.8 Å². The number of nitrogens with two attached hydrogens (primary N) is 1. The minimum atomic E-state index is -3.85. The molecule has 0 radical (unpaired) electrons. The number of aryl methyl sites for hydroxylation is 1. The average Bonchev–Trinajstić information content (AvgIpc) is 2.52. The van der Waals surface area contributed by atoms with Gasteiger partial charge in [-0.15, -0.1) is 0 Å². The van der Waals surface area contributed by atoms with Gasteiger partial charge in [-0.1, -0.05) is 12.1 Å². The molecule has 0 heterocycles. The van der Waals surface area contributed by atoms with Gasteiger partial charge in [-0.05, 0) is 72.1 Å². The molecule has 1 aromatic rings. The van der Waals surface area contributed by atoms with Crippen LogP contribution in [0.1, 0.15) is 52.7 Å². The third kappa shape index (κ3) is 9.74. The molecule has 2 N–H and O–H groups in total. The molecule has 1 aromatic carbocycles. The molecular formula is C20H34NO7P. The number of ether oxygens (including phenoxy) is 2. The number of hydrogen-bond donors (Lipinski definition) is 1. The van der Waals surface area contributed by atoms with Gasteiger partial charge in [0.25, 0.3) is 0 Å². The van der Waals surface area contributed by atoms with Gasteiger partial charge < -0.3 is 15.2 Å². The molecule has 9 heteroatoms. The molecule has 8 nitrogen and oxygen atoms in total. The van der Waals surface area contributed by atoms with E-state index in [9.17, 15) is 9.36 Å². The Labute approximate surface area is 173 Å². The first-order valence-electron chi connectivity index (χ1n) is 9.36. The van der Waals surface area contributed by atoms with Crippen LogP contribution in [0.15, 0.2) is 18.2 Å². The Morgan fingerprint density at radius 1 is 1.10 bits per heavy atom. The smallest absolute Gasteiger partial charge is 0.468 e. The standard InChI is InChI=1S/C20H34NO7P/c1-14-11-15(12-16(21)18(22)24-8)9-10-17(14)25-13-26-29(23,27-19(2,3)4)28-20(5,6)7/h9-11,16H,12-13,21H2,1-8H3/t16-/m0/s1. The molecule has 0 fully saturated rings. The number of phosphoric ester groups is 1. The van der Waals surface area contributed by atoms with Crippen molar-refractivity contribution in [3.63, 3.8) is 0 Å². The highest BCUT2D eigenvalue weighted by molar-refractivity contribution is 7.48. The summed E-state index contributed by atoms with van der Waals surface area (Å²) in [5, 5.41) is 0. The monoisotopic (exact) mass is 431 g/mol. The summed E-state index contributed by atoms with van der Waals surface area (Å²) in [5.41, 5.74) is 6.02. The number of hydrogen-bond acceptors (Lipinski definition) is 8. The maximum Gasteiger partial charge on any atom is 0.478 e. The number of rotatable bonds is 9. The van der Waals surface area contributed by atoms with Crippen LogP contribution >= 0.6 is 7.82 Å². The number of carbonyl (C=O) groups excluding carboxylic acids is 1. The van der Waals surface area contributed by atoms with Crippen molar-refractivity contribution in [1.29, 1.82) is 0 Å². The van der Waals surface area contributed by atoms with Gasteiger partial charge >= 0.3 is 13.8 Å². The SMILES string of the molecule is COC(=O)[C@@H](N)Cc1ccc(OCOP(=O)(OC(C)(C)C)OC(C)(C)C)c(C)c1. The number of esters is 1. The Morgan fingerprint density at radius 2 is 1.66 bits per heavy atom. The van der Waals surface area contributed by atoms with Gasteiger partial charge in [0.15, 0.2) is 6.79 Å². The molecule has 0 saturated carbocycles. The van der Waals surface area contributed by atoms with Gasteiger partial charge in [-0.25, -0.2) is 9.09 Å². The topological polar surface area (TPSA) is 106 Å². The molecule has 1 atom stereocenters. The largest absolute Gasteiger partial charge is 0.478 e. The first-order chi connectivity index (χ1) is 13.1. The highest BCUT2D eigenvalue weighted by atomic mass is 31.2. The third-order valence-electron chi connectivity index (χ3n) is 3.40. The van der Waals surface area contributed by atoms with Crippen LogP contribution < -0.4 is 10.5 Å². The van der Waals surface area contributed by atoms with Crippen LogP contribution in [0.4, 0.5) is 0 Å². The fourth-order valence-corrected chi connectivity index (χ4v) is 4.05. The van der Waals surface area contributed by atoms with E-state index in [2.05, 4.69) is 4.74 Å². The van der Waals surface area contributed by atoms with Crippen molar-refractivity contribution in [1.82, 2.24) is 0 Å². The Kier molecular flexibility index (Phi) is 8.87. The molecule has 29 heavy (non-hydrogen) atoms. The van der Waals surface area contributed by atoms with Gasteiger partial charge in [-0.2, -0.15) is 0 Å². The van der Waals surface area contributed by atoms with Crippen LogP contribution in [-0.2, 0) is 34.1 Å². The maximum absolute atomic E-state index is 13.0. The lowest BCUT2D eigenvalue weighted by Crippen LogP contribution is -2.33. The van der Waals surface area contributed by atoms with Gasteiger partial charge in [0, 0.05) is 0 Å². The Hall–Kier alpha value is -1.44. The molecule has 166 valence electrons. The lowest BCUT2D eigenvalue weighted by atomic mass is 10.0. The van der Waals surface area contributed by atoms with E-state index in [1.54, 1.807) is 53.7 Å². The van der Waals surface area contributed by atoms with Crippen molar-refractivity contribution in [3.05, 3.63) is 29.3 Å². The minimum absolute atomic E-state index is 0.314. The Balaban J connectivity index is 2.78. The van der Waals surface area contributed by atoms with E-state index in [1.165, 1.54) is 7.11 Å².